The van der Waals surface area contributed by atoms with Crippen LogP contribution in [-0.4, -0.2) is 11.6 Å². The summed E-state index contributed by atoms with van der Waals surface area (Å²) in [6, 6.07) is 8.63. The third kappa shape index (κ3) is 3.35. The van der Waals surface area contributed by atoms with Gasteiger partial charge in [-0.1, -0.05) is 18.2 Å². The predicted octanol–water partition coefficient (Wildman–Crippen LogP) is 1.21. The Hall–Kier alpha value is 0.124. The molecule has 0 aliphatic carbocycles. The van der Waals surface area contributed by atoms with Crippen LogP contribution in [0.3, 0.4) is 0 Å². The molecule has 1 aromatic carbocycles. The molecule has 0 saturated heterocycles. The van der Waals surface area contributed by atoms with Crippen molar-refractivity contribution >= 4 is 12.7 Å². The van der Waals surface area contributed by atoms with E-state index >= 15 is 0 Å². The van der Waals surface area contributed by atoms with Crippen LogP contribution in [0.5, 0.6) is 0 Å². The molecule has 0 radical (unpaired) electrons. The Morgan fingerprint density at radius 3 is 2.00 bits per heavy atom. The number of hydrogen-bond acceptors (Lipinski definition) is 1. The smallest absolute Gasteiger partial charge is 0.226 e. The molecular formula is C7H9O2PTi. The Balaban J connectivity index is 0.000001000. The summed E-state index contributed by atoms with van der Waals surface area (Å²) in [7, 11) is -3.02. The predicted molar refractivity (Wildman–Crippen MR) is 41.8 cm³/mol. The third-order valence-electron chi connectivity index (χ3n) is 1.24. The zero-order chi connectivity index (χ0) is 7.61. The molecule has 1 unspecified atom stereocenters. The van der Waals surface area contributed by atoms with Gasteiger partial charge in [0, 0.05) is 33.7 Å². The van der Waals surface area contributed by atoms with Crippen LogP contribution in [0.25, 0.3) is 0 Å². The van der Waals surface area contributed by atoms with Crippen molar-refractivity contribution in [3.8, 4) is 0 Å². The van der Waals surface area contributed by atoms with Gasteiger partial charge in [-0.3, -0.25) is 4.57 Å². The molecule has 0 bridgehead atoms. The van der Waals surface area contributed by atoms with Gasteiger partial charge in [0.2, 0.25) is 7.37 Å². The number of hydrogen-bond donors (Lipinski definition) is 1. The van der Waals surface area contributed by atoms with E-state index in [2.05, 4.69) is 0 Å². The van der Waals surface area contributed by atoms with E-state index in [0.29, 0.717) is 5.30 Å². The Bertz CT molecular complexity index is 254. The molecule has 0 spiro atoms. The molecular weight excluding hydrogens is 195 g/mol. The maximum absolute atomic E-state index is 11.0. The van der Waals surface area contributed by atoms with Gasteiger partial charge in [0.15, 0.2) is 0 Å². The van der Waals surface area contributed by atoms with Crippen LogP contribution in [0.2, 0.25) is 0 Å². The largest absolute Gasteiger partial charge is 0.341 e. The molecule has 0 aromatic heterocycles. The van der Waals surface area contributed by atoms with E-state index in [-0.39, 0.29) is 21.7 Å². The van der Waals surface area contributed by atoms with E-state index < -0.39 is 7.37 Å². The standard InChI is InChI=1S/C7H9O2P.Ti/c1-10(8,9)7-5-3-2-4-6-7;/h2-6H,1H3,(H,8,9);. The van der Waals surface area contributed by atoms with Crippen LogP contribution >= 0.6 is 7.37 Å². The molecule has 1 aromatic rings. The molecule has 0 aliphatic heterocycles. The van der Waals surface area contributed by atoms with Crippen molar-refractivity contribution in [3.63, 3.8) is 0 Å². The van der Waals surface area contributed by atoms with Gasteiger partial charge >= 0.3 is 0 Å². The SMILES string of the molecule is CP(=O)(O)c1ccccc1.[Ti]. The minimum Gasteiger partial charge on any atom is -0.341 e. The van der Waals surface area contributed by atoms with Crippen LogP contribution in [0.4, 0.5) is 0 Å². The van der Waals surface area contributed by atoms with Crippen LogP contribution in [0.1, 0.15) is 0 Å². The van der Waals surface area contributed by atoms with Crippen molar-refractivity contribution in [2.45, 2.75) is 0 Å². The molecule has 0 heterocycles. The molecule has 11 heavy (non-hydrogen) atoms. The second kappa shape index (κ2) is 4.23. The van der Waals surface area contributed by atoms with E-state index in [4.69, 9.17) is 4.89 Å². The molecule has 1 atom stereocenters. The third-order valence-corrected chi connectivity index (χ3v) is 2.49. The summed E-state index contributed by atoms with van der Waals surface area (Å²) >= 11 is 0. The zero-order valence-electron chi connectivity index (χ0n) is 6.19. The topological polar surface area (TPSA) is 37.3 Å². The van der Waals surface area contributed by atoms with Gasteiger partial charge in [0.25, 0.3) is 0 Å². The minimum absolute atomic E-state index is 0. The van der Waals surface area contributed by atoms with Crippen molar-refractivity contribution in [2.75, 3.05) is 6.66 Å². The normalized spacial score (nSPS) is 14.7. The first kappa shape index (κ1) is 11.1. The molecule has 1 N–H and O–H groups in total. The van der Waals surface area contributed by atoms with Gasteiger partial charge in [0.1, 0.15) is 0 Å². The fraction of sp³-hybridized carbons (Fsp3) is 0.143. The summed E-state index contributed by atoms with van der Waals surface area (Å²) in [5.41, 5.74) is 0. The van der Waals surface area contributed by atoms with Crippen LogP contribution in [0, 0.1) is 0 Å². The number of rotatable bonds is 1. The molecule has 58 valence electrons. The van der Waals surface area contributed by atoms with E-state index in [1.54, 1.807) is 24.3 Å². The quantitative estimate of drug-likeness (QED) is 0.551. The van der Waals surface area contributed by atoms with Crippen molar-refractivity contribution in [1.82, 2.24) is 0 Å². The van der Waals surface area contributed by atoms with E-state index in [0.717, 1.165) is 0 Å². The van der Waals surface area contributed by atoms with Crippen LogP contribution in [0.15, 0.2) is 30.3 Å². The second-order valence-electron chi connectivity index (χ2n) is 2.21. The summed E-state index contributed by atoms with van der Waals surface area (Å²) in [5.74, 6) is 0. The summed E-state index contributed by atoms with van der Waals surface area (Å²) in [4.78, 5) is 9.04. The van der Waals surface area contributed by atoms with Gasteiger partial charge in [-0.2, -0.15) is 0 Å². The second-order valence-corrected chi connectivity index (χ2v) is 4.49. The van der Waals surface area contributed by atoms with Crippen molar-refractivity contribution in [1.29, 1.82) is 0 Å². The van der Waals surface area contributed by atoms with Gasteiger partial charge < -0.3 is 4.89 Å². The average Bonchev–Trinajstić information content (AvgIpc) is 1.88. The van der Waals surface area contributed by atoms with Crippen molar-refractivity contribution in [3.05, 3.63) is 30.3 Å². The molecule has 0 fully saturated rings. The van der Waals surface area contributed by atoms with Crippen LogP contribution < -0.4 is 5.30 Å². The van der Waals surface area contributed by atoms with E-state index in [9.17, 15) is 4.57 Å². The maximum atomic E-state index is 11.0. The summed E-state index contributed by atoms with van der Waals surface area (Å²) < 4.78 is 11.0. The Labute approximate surface area is 81.0 Å². The Kier molecular flexibility index (Phi) is 4.27. The molecule has 0 amide bonds. The van der Waals surface area contributed by atoms with Crippen molar-refractivity contribution < 1.29 is 31.2 Å². The Morgan fingerprint density at radius 2 is 1.73 bits per heavy atom. The first-order chi connectivity index (χ1) is 4.61. The summed E-state index contributed by atoms with van der Waals surface area (Å²) in [6.45, 7) is 1.34. The molecule has 0 saturated carbocycles. The maximum Gasteiger partial charge on any atom is 0.226 e. The van der Waals surface area contributed by atoms with Crippen molar-refractivity contribution in [2.24, 2.45) is 0 Å². The monoisotopic (exact) mass is 204 g/mol. The van der Waals surface area contributed by atoms with E-state index in [1.807, 2.05) is 6.07 Å². The summed E-state index contributed by atoms with van der Waals surface area (Å²) in [5, 5.41) is 0.509. The number of benzene rings is 1. The van der Waals surface area contributed by atoms with Gasteiger partial charge in [0.05, 0.1) is 0 Å². The molecule has 4 heteroatoms. The van der Waals surface area contributed by atoms with Crippen LogP contribution in [-0.2, 0) is 26.3 Å². The first-order valence-electron chi connectivity index (χ1n) is 2.96. The molecule has 0 aliphatic rings. The van der Waals surface area contributed by atoms with Gasteiger partial charge in [-0.05, 0) is 12.1 Å². The molecule has 1 rings (SSSR count). The average molecular weight is 204 g/mol. The first-order valence-corrected chi connectivity index (χ1v) is 5.07. The molecule has 2 nitrogen and oxygen atoms in total. The fourth-order valence-corrected chi connectivity index (χ4v) is 1.43. The van der Waals surface area contributed by atoms with Gasteiger partial charge in [-0.25, -0.2) is 0 Å². The fourth-order valence-electron chi connectivity index (χ4n) is 0.705. The Morgan fingerprint density at radius 1 is 1.27 bits per heavy atom. The summed E-state index contributed by atoms with van der Waals surface area (Å²) in [6.07, 6.45) is 0. The van der Waals surface area contributed by atoms with Gasteiger partial charge in [-0.15, -0.1) is 0 Å². The minimum atomic E-state index is -3.02. The zero-order valence-corrected chi connectivity index (χ0v) is 8.65. The van der Waals surface area contributed by atoms with E-state index in [1.165, 1.54) is 6.66 Å².